The van der Waals surface area contributed by atoms with E-state index in [4.69, 9.17) is 28.9 Å². The van der Waals surface area contributed by atoms with Gasteiger partial charge in [0.25, 0.3) is 0 Å². The van der Waals surface area contributed by atoms with Crippen LogP contribution in [0.25, 0.3) is 90.9 Å². The standard InChI is InChI=1S/C116H174N4O4/c1-21-25-29-33-37-41-45-49-53-57-69-121-113-93(81(5)6)73-89(74-94(113)82(7)8)109-101-61-63-103(117-101)110(90-75-95(83(9)10)114(96(76-90)84(11)12)122-70-58-54-50-46-42-38-34-30-26-22-2)105-65-67-107(119-105)112(92-79-99(87(17)18)116(100(80-92)88(19)20)124-72-60-56-52-48-44-40-36-32-28-24-4)108-68-66-106(120-108)111(104-64-62-102(109)118-104)91-77-97(85(13)14)115(98(78-91)86(15)16)123-71-59-55-51-47-43-39-35-31-27-23-3/h61-68,73-88,117,120H,21-60,69-72H2,1-20H3. The van der Waals surface area contributed by atoms with E-state index in [1.165, 1.54) is 276 Å². The van der Waals surface area contributed by atoms with Crippen molar-refractivity contribution in [2.24, 2.45) is 0 Å². The van der Waals surface area contributed by atoms with Gasteiger partial charge in [-0.2, -0.15) is 0 Å². The number of aromatic amines is 2. The molecule has 8 heteroatoms. The molecule has 5 heterocycles. The zero-order valence-electron chi connectivity index (χ0n) is 82.5. The Morgan fingerprint density at radius 3 is 0.500 bits per heavy atom. The lowest BCUT2D eigenvalue weighted by Crippen LogP contribution is -2.07. The van der Waals surface area contributed by atoms with Crippen molar-refractivity contribution < 1.29 is 18.9 Å². The Kier molecular flexibility index (Phi) is 43.3. The van der Waals surface area contributed by atoms with Crippen LogP contribution in [0.15, 0.2) is 72.8 Å². The normalized spacial score (nSPS) is 12.4. The largest absolute Gasteiger partial charge is 0.493 e. The Bertz CT molecular complexity index is 3900. The van der Waals surface area contributed by atoms with Gasteiger partial charge >= 0.3 is 0 Å². The van der Waals surface area contributed by atoms with E-state index in [2.05, 4.69) is 246 Å². The van der Waals surface area contributed by atoms with Crippen LogP contribution in [0, 0.1) is 0 Å². The van der Waals surface area contributed by atoms with Gasteiger partial charge in [0.05, 0.1) is 49.2 Å². The average molecular weight is 1690 g/mol. The number of unbranched alkanes of at least 4 members (excludes halogenated alkanes) is 36. The van der Waals surface area contributed by atoms with Gasteiger partial charge in [-0.3, -0.25) is 0 Å². The Hall–Kier alpha value is -7.32. The van der Waals surface area contributed by atoms with Crippen molar-refractivity contribution in [1.82, 2.24) is 19.9 Å². The molecule has 4 aromatic carbocycles. The summed E-state index contributed by atoms with van der Waals surface area (Å²) in [5.74, 6) is 5.70. The SMILES string of the molecule is CCCCCCCCCCCCOc1c(C(C)C)cc(-c2c3nc(c(-c4cc(C(C)C)c(OCCCCCCCCCCCC)c(C(C)C)c4)c4ccc([nH]4)c(-c4cc(C(C)C)c(OCCCCCCCCCCCC)c(C(C)C)c4)c4nc(c(-c5cc(C(C)C)c(OCCCCCCCCCCCC)c(C(C)C)c5)c5ccc2[nH]5)C=C4)C=C3)cc1C(C)C. The summed E-state index contributed by atoms with van der Waals surface area (Å²) in [4.78, 5) is 20.7. The van der Waals surface area contributed by atoms with Crippen molar-refractivity contribution in [3.05, 3.63) is 140 Å². The van der Waals surface area contributed by atoms with Crippen molar-refractivity contribution in [3.63, 3.8) is 0 Å². The number of fused-ring (bicyclic) bond motifs is 8. The number of benzene rings is 4. The molecule has 0 saturated heterocycles. The van der Waals surface area contributed by atoms with Gasteiger partial charge in [-0.05, 0) is 237 Å². The molecule has 0 spiro atoms. The monoisotopic (exact) mass is 1690 g/mol. The molecule has 2 N–H and O–H groups in total. The Labute approximate surface area is 757 Å². The van der Waals surface area contributed by atoms with Crippen LogP contribution in [0.2, 0.25) is 0 Å². The quantitative estimate of drug-likeness (QED) is 0.0369. The number of hydrogen-bond donors (Lipinski definition) is 2. The molecule has 9 rings (SSSR count). The third kappa shape index (κ3) is 29.4. The van der Waals surface area contributed by atoms with Gasteiger partial charge in [-0.25, -0.2) is 9.97 Å². The Morgan fingerprint density at radius 2 is 0.355 bits per heavy atom. The van der Waals surface area contributed by atoms with Crippen LogP contribution in [0.1, 0.15) is 510 Å². The van der Waals surface area contributed by atoms with Gasteiger partial charge in [-0.1, -0.05) is 370 Å². The summed E-state index contributed by atoms with van der Waals surface area (Å²) in [6.45, 7) is 49.5. The fourth-order valence-electron chi connectivity index (χ4n) is 18.8. The summed E-state index contributed by atoms with van der Waals surface area (Å²) in [6, 6.07) is 28.9. The molecule has 0 unspecified atom stereocenters. The molecule has 2 aliphatic heterocycles. The van der Waals surface area contributed by atoms with Gasteiger partial charge in [-0.15, -0.1) is 0 Å². The molecule has 0 radical (unpaired) electrons. The van der Waals surface area contributed by atoms with E-state index in [1.54, 1.807) is 0 Å². The van der Waals surface area contributed by atoms with Gasteiger partial charge in [0, 0.05) is 44.3 Å². The van der Waals surface area contributed by atoms with E-state index in [9.17, 15) is 0 Å². The van der Waals surface area contributed by atoms with Gasteiger partial charge in [0.2, 0.25) is 0 Å². The molecule has 0 aliphatic carbocycles. The highest BCUT2D eigenvalue weighted by Gasteiger charge is 2.29. The first kappa shape index (κ1) is 100. The zero-order valence-corrected chi connectivity index (χ0v) is 82.5. The number of ether oxygens (including phenoxy) is 4. The maximum atomic E-state index is 7.15. The Balaban J connectivity index is 1.30. The van der Waals surface area contributed by atoms with Crippen LogP contribution in [0.3, 0.4) is 0 Å². The highest BCUT2D eigenvalue weighted by Crippen LogP contribution is 2.49. The topological polar surface area (TPSA) is 94.3 Å². The molecular weight excluding hydrogens is 1510 g/mol. The molecule has 0 atom stereocenters. The van der Waals surface area contributed by atoms with Crippen molar-refractivity contribution >= 4 is 46.4 Å². The molecule has 8 nitrogen and oxygen atoms in total. The molecule has 0 amide bonds. The third-order valence-corrected chi connectivity index (χ3v) is 26.4. The maximum absolute atomic E-state index is 7.15. The van der Waals surface area contributed by atoms with Crippen LogP contribution in [-0.4, -0.2) is 46.4 Å². The highest BCUT2D eigenvalue weighted by molar-refractivity contribution is 6.01. The number of H-pyrrole nitrogens is 2. The first-order valence-corrected chi connectivity index (χ1v) is 51.5. The zero-order chi connectivity index (χ0) is 88.9. The van der Waals surface area contributed by atoms with Gasteiger partial charge < -0.3 is 28.9 Å². The van der Waals surface area contributed by atoms with Crippen LogP contribution >= 0.6 is 0 Å². The van der Waals surface area contributed by atoms with Crippen LogP contribution in [0.4, 0.5) is 0 Å². The smallest absolute Gasteiger partial charge is 0.126 e. The first-order valence-electron chi connectivity index (χ1n) is 51.5. The van der Waals surface area contributed by atoms with Gasteiger partial charge in [0.1, 0.15) is 23.0 Å². The fraction of sp³-hybridized carbons (Fsp3) is 0.621. The van der Waals surface area contributed by atoms with E-state index in [-0.39, 0.29) is 47.3 Å². The van der Waals surface area contributed by atoms with E-state index in [0.717, 1.165) is 138 Å². The van der Waals surface area contributed by atoms with Crippen LogP contribution < -0.4 is 18.9 Å². The molecule has 0 saturated carbocycles. The molecule has 7 aromatic rings. The van der Waals surface area contributed by atoms with Crippen molar-refractivity contribution in [2.45, 2.75) is 443 Å². The number of aromatic nitrogens is 4. The first-order chi connectivity index (χ1) is 60.1. The lowest BCUT2D eigenvalue weighted by atomic mass is 9.89. The summed E-state index contributed by atoms with van der Waals surface area (Å²) in [6.07, 6.45) is 60.8. The van der Waals surface area contributed by atoms with Crippen LogP contribution in [-0.2, 0) is 0 Å². The number of hydrogen-bond acceptors (Lipinski definition) is 6. The maximum Gasteiger partial charge on any atom is 0.126 e. The molecule has 8 bridgehead atoms. The minimum Gasteiger partial charge on any atom is -0.493 e. The molecule has 0 fully saturated rings. The highest BCUT2D eigenvalue weighted by atomic mass is 16.5. The molecule has 682 valence electrons. The predicted octanol–water partition coefficient (Wildman–Crippen LogP) is 37.5. The number of nitrogens with zero attached hydrogens (tertiary/aromatic N) is 2. The van der Waals surface area contributed by atoms with E-state index in [1.807, 2.05) is 0 Å². The molecule has 124 heavy (non-hydrogen) atoms. The lowest BCUT2D eigenvalue weighted by molar-refractivity contribution is 0.296. The minimum absolute atomic E-state index is 0.189. The second-order valence-electron chi connectivity index (χ2n) is 39.8. The summed E-state index contributed by atoms with van der Waals surface area (Å²) >= 11 is 0. The predicted molar refractivity (Wildman–Crippen MR) is 543 cm³/mol. The number of nitrogens with one attached hydrogen (secondary N) is 2. The summed E-state index contributed by atoms with van der Waals surface area (Å²) < 4.78 is 28.6. The van der Waals surface area contributed by atoms with Crippen molar-refractivity contribution in [1.29, 1.82) is 0 Å². The van der Waals surface area contributed by atoms with E-state index >= 15 is 0 Å². The lowest BCUT2D eigenvalue weighted by Gasteiger charge is -2.23. The third-order valence-electron chi connectivity index (χ3n) is 26.4. The minimum atomic E-state index is 0.189. The molecule has 3 aromatic heterocycles. The summed E-state index contributed by atoms with van der Waals surface area (Å²) in [7, 11) is 0. The molecule has 2 aliphatic rings. The van der Waals surface area contributed by atoms with Crippen LogP contribution in [0.5, 0.6) is 23.0 Å². The van der Waals surface area contributed by atoms with E-state index in [0.29, 0.717) is 26.4 Å². The second kappa shape index (κ2) is 53.5. The van der Waals surface area contributed by atoms with E-state index < -0.39 is 0 Å². The Morgan fingerprint density at radius 1 is 0.210 bits per heavy atom. The van der Waals surface area contributed by atoms with Gasteiger partial charge in [0.15, 0.2) is 0 Å². The summed E-state index contributed by atoms with van der Waals surface area (Å²) in [5, 5.41) is 0. The second-order valence-corrected chi connectivity index (χ2v) is 39.8. The average Bonchev–Trinajstić information content (AvgIpc) is 1.61. The number of rotatable bonds is 60. The van der Waals surface area contributed by atoms with Crippen molar-refractivity contribution in [2.75, 3.05) is 26.4 Å². The molecular formula is C116H174N4O4. The van der Waals surface area contributed by atoms with Crippen molar-refractivity contribution in [3.8, 4) is 67.5 Å². The summed E-state index contributed by atoms with van der Waals surface area (Å²) in [5.41, 5.74) is 26.1. The fourth-order valence-corrected chi connectivity index (χ4v) is 18.8.